The summed E-state index contributed by atoms with van der Waals surface area (Å²) in [5, 5.41) is 4.23. The van der Waals surface area contributed by atoms with Crippen molar-refractivity contribution in [2.24, 2.45) is 0 Å². The Morgan fingerprint density at radius 3 is 2.73 bits per heavy atom. The first-order valence-corrected chi connectivity index (χ1v) is 4.27. The Balaban J connectivity index is 2.77. The Morgan fingerprint density at radius 2 is 2.13 bits per heavy atom. The summed E-state index contributed by atoms with van der Waals surface area (Å²) >= 11 is 0. The van der Waals surface area contributed by atoms with Gasteiger partial charge in [-0.3, -0.25) is 4.79 Å². The van der Waals surface area contributed by atoms with Crippen molar-refractivity contribution in [1.29, 1.82) is 0 Å². The molecule has 0 unspecified atom stereocenters. The van der Waals surface area contributed by atoms with Crippen LogP contribution in [0, 0.1) is 0 Å². The lowest BCUT2D eigenvalue weighted by Crippen LogP contribution is -1.90. The number of methoxy groups -OCH3 is 2. The van der Waals surface area contributed by atoms with Crippen molar-refractivity contribution in [3.05, 3.63) is 17.8 Å². The molecule has 2 aromatic rings. The van der Waals surface area contributed by atoms with Gasteiger partial charge in [-0.25, -0.2) is 0 Å². The van der Waals surface area contributed by atoms with Gasteiger partial charge in [0.15, 0.2) is 17.7 Å². The Morgan fingerprint density at radius 1 is 1.33 bits per heavy atom. The molecule has 2 rings (SSSR count). The fraction of sp³-hybridized carbons (Fsp3) is 0.200. The lowest BCUT2D eigenvalue weighted by Gasteiger charge is -2.05. The minimum Gasteiger partial charge on any atom is -0.493 e. The number of rotatable bonds is 3. The molecule has 5 heteroatoms. The van der Waals surface area contributed by atoms with Crippen LogP contribution in [0.25, 0.3) is 11.0 Å². The molecular weight excluding hydrogens is 198 g/mol. The SMILES string of the molecule is COc1ccc2c(C=O)noc2c1OC. The van der Waals surface area contributed by atoms with Crippen molar-refractivity contribution in [1.82, 2.24) is 5.16 Å². The predicted molar refractivity (Wildman–Crippen MR) is 52.5 cm³/mol. The lowest BCUT2D eigenvalue weighted by molar-refractivity contribution is 0.111. The minimum absolute atomic E-state index is 0.256. The second kappa shape index (κ2) is 3.61. The Hall–Kier alpha value is -2.04. The average molecular weight is 207 g/mol. The molecule has 0 fully saturated rings. The normalized spacial score (nSPS) is 10.3. The van der Waals surface area contributed by atoms with Gasteiger partial charge in [-0.2, -0.15) is 0 Å². The lowest BCUT2D eigenvalue weighted by atomic mass is 10.2. The molecule has 1 aromatic heterocycles. The average Bonchev–Trinajstić information content (AvgIpc) is 2.70. The fourth-order valence-corrected chi connectivity index (χ4v) is 1.42. The van der Waals surface area contributed by atoms with E-state index in [1.54, 1.807) is 12.1 Å². The molecule has 0 N–H and O–H groups in total. The second-order valence-corrected chi connectivity index (χ2v) is 2.86. The molecule has 0 aliphatic carbocycles. The predicted octanol–water partition coefficient (Wildman–Crippen LogP) is 1.66. The zero-order valence-electron chi connectivity index (χ0n) is 8.31. The van der Waals surface area contributed by atoms with E-state index in [0.29, 0.717) is 28.8 Å². The first kappa shape index (κ1) is 9.51. The second-order valence-electron chi connectivity index (χ2n) is 2.86. The summed E-state index contributed by atoms with van der Waals surface area (Å²) < 4.78 is 15.2. The van der Waals surface area contributed by atoms with Gasteiger partial charge in [0, 0.05) is 0 Å². The van der Waals surface area contributed by atoms with Crippen LogP contribution in [0.1, 0.15) is 10.5 Å². The summed E-state index contributed by atoms with van der Waals surface area (Å²) in [7, 11) is 3.03. The largest absolute Gasteiger partial charge is 0.493 e. The summed E-state index contributed by atoms with van der Waals surface area (Å²) in [5.74, 6) is 0.981. The number of ether oxygens (including phenoxy) is 2. The van der Waals surface area contributed by atoms with Gasteiger partial charge in [0.2, 0.25) is 11.3 Å². The molecule has 1 heterocycles. The summed E-state index contributed by atoms with van der Waals surface area (Å²) in [6.45, 7) is 0. The zero-order valence-corrected chi connectivity index (χ0v) is 8.31. The highest BCUT2D eigenvalue weighted by molar-refractivity contribution is 5.97. The molecular formula is C10H9NO4. The number of aldehydes is 1. The van der Waals surface area contributed by atoms with Gasteiger partial charge < -0.3 is 14.0 Å². The van der Waals surface area contributed by atoms with Crippen LogP contribution in [-0.4, -0.2) is 25.7 Å². The van der Waals surface area contributed by atoms with Crippen LogP contribution in [0.5, 0.6) is 11.5 Å². The molecule has 0 aliphatic rings. The van der Waals surface area contributed by atoms with Crippen molar-refractivity contribution in [2.75, 3.05) is 14.2 Å². The van der Waals surface area contributed by atoms with E-state index in [2.05, 4.69) is 5.16 Å². The quantitative estimate of drug-likeness (QED) is 0.716. The van der Waals surface area contributed by atoms with Gasteiger partial charge in [-0.05, 0) is 12.1 Å². The number of hydrogen-bond acceptors (Lipinski definition) is 5. The Bertz CT molecular complexity index is 503. The summed E-state index contributed by atoms with van der Waals surface area (Å²) in [6.07, 6.45) is 0.637. The molecule has 0 saturated carbocycles. The number of fused-ring (bicyclic) bond motifs is 1. The van der Waals surface area contributed by atoms with Crippen LogP contribution in [0.2, 0.25) is 0 Å². The highest BCUT2D eigenvalue weighted by atomic mass is 16.5. The highest BCUT2D eigenvalue weighted by Gasteiger charge is 2.16. The Labute approximate surface area is 85.6 Å². The van der Waals surface area contributed by atoms with E-state index in [-0.39, 0.29) is 5.69 Å². The van der Waals surface area contributed by atoms with E-state index >= 15 is 0 Å². The number of aromatic nitrogens is 1. The van der Waals surface area contributed by atoms with E-state index < -0.39 is 0 Å². The van der Waals surface area contributed by atoms with E-state index in [1.807, 2.05) is 0 Å². The molecule has 1 aromatic carbocycles. The van der Waals surface area contributed by atoms with Gasteiger partial charge in [0.25, 0.3) is 0 Å². The van der Waals surface area contributed by atoms with Crippen LogP contribution in [0.3, 0.4) is 0 Å². The molecule has 78 valence electrons. The molecule has 0 spiro atoms. The molecule has 0 aliphatic heterocycles. The van der Waals surface area contributed by atoms with Crippen LogP contribution < -0.4 is 9.47 Å². The van der Waals surface area contributed by atoms with Crippen LogP contribution in [0.4, 0.5) is 0 Å². The molecule has 0 atom stereocenters. The summed E-state index contributed by atoms with van der Waals surface area (Å²) in [4.78, 5) is 10.6. The number of benzene rings is 1. The van der Waals surface area contributed by atoms with Gasteiger partial charge >= 0.3 is 0 Å². The number of nitrogens with zero attached hydrogens (tertiary/aromatic N) is 1. The van der Waals surface area contributed by atoms with Crippen LogP contribution >= 0.6 is 0 Å². The first-order chi connectivity index (χ1) is 7.31. The molecule has 5 nitrogen and oxygen atoms in total. The maximum Gasteiger partial charge on any atom is 0.213 e. The van der Waals surface area contributed by atoms with Gasteiger partial charge in [-0.1, -0.05) is 5.16 Å². The maximum absolute atomic E-state index is 10.6. The molecule has 0 bridgehead atoms. The third kappa shape index (κ3) is 1.32. The highest BCUT2D eigenvalue weighted by Crippen LogP contribution is 2.36. The maximum atomic E-state index is 10.6. The van der Waals surface area contributed by atoms with Crippen molar-refractivity contribution in [3.8, 4) is 11.5 Å². The first-order valence-electron chi connectivity index (χ1n) is 4.27. The smallest absolute Gasteiger partial charge is 0.213 e. The van der Waals surface area contributed by atoms with Crippen LogP contribution in [0.15, 0.2) is 16.7 Å². The number of hydrogen-bond donors (Lipinski definition) is 0. The van der Waals surface area contributed by atoms with Gasteiger partial charge in [0.1, 0.15) is 0 Å². The number of carbonyl (C=O) groups excluding carboxylic acids is 1. The minimum atomic E-state index is 0.256. The summed E-state index contributed by atoms with van der Waals surface area (Å²) in [5.41, 5.74) is 0.671. The molecule has 15 heavy (non-hydrogen) atoms. The molecule has 0 radical (unpaired) electrons. The number of carbonyl (C=O) groups is 1. The molecule has 0 amide bonds. The van der Waals surface area contributed by atoms with E-state index in [4.69, 9.17) is 14.0 Å². The zero-order chi connectivity index (χ0) is 10.8. The van der Waals surface area contributed by atoms with E-state index in [9.17, 15) is 4.79 Å². The van der Waals surface area contributed by atoms with E-state index in [1.165, 1.54) is 14.2 Å². The van der Waals surface area contributed by atoms with Gasteiger partial charge in [-0.15, -0.1) is 0 Å². The van der Waals surface area contributed by atoms with Crippen molar-refractivity contribution >= 4 is 17.3 Å². The van der Waals surface area contributed by atoms with Crippen molar-refractivity contribution < 1.29 is 18.8 Å². The summed E-state index contributed by atoms with van der Waals surface area (Å²) in [6, 6.07) is 3.41. The van der Waals surface area contributed by atoms with Crippen molar-refractivity contribution in [3.63, 3.8) is 0 Å². The third-order valence-corrected chi connectivity index (χ3v) is 2.12. The molecule has 0 saturated heterocycles. The third-order valence-electron chi connectivity index (χ3n) is 2.12. The van der Waals surface area contributed by atoms with Crippen molar-refractivity contribution in [2.45, 2.75) is 0 Å². The van der Waals surface area contributed by atoms with E-state index in [0.717, 1.165) is 0 Å². The topological polar surface area (TPSA) is 61.6 Å². The van der Waals surface area contributed by atoms with Gasteiger partial charge in [0.05, 0.1) is 19.6 Å². The Kier molecular flexibility index (Phi) is 2.29. The monoisotopic (exact) mass is 207 g/mol. The van der Waals surface area contributed by atoms with Crippen LogP contribution in [-0.2, 0) is 0 Å². The fourth-order valence-electron chi connectivity index (χ4n) is 1.42. The standard InChI is InChI=1S/C10H9NO4/c1-13-8-4-3-6-7(5-12)11-15-9(6)10(8)14-2/h3-5H,1-2H3.